The van der Waals surface area contributed by atoms with Crippen LogP contribution < -0.4 is 22.1 Å². The van der Waals surface area contributed by atoms with E-state index in [4.69, 9.17) is 11.5 Å². The molecule has 2 amide bonds. The van der Waals surface area contributed by atoms with Gasteiger partial charge in [-0.2, -0.15) is 5.10 Å². The van der Waals surface area contributed by atoms with Gasteiger partial charge in [-0.3, -0.25) is 9.59 Å². The number of nitrogens with two attached hydrogens (primary N) is 2. The first-order chi connectivity index (χ1) is 18.3. The Labute approximate surface area is 225 Å². The number of allylic oxidation sites excluding steroid dienone is 5. The van der Waals surface area contributed by atoms with Gasteiger partial charge in [0.15, 0.2) is 0 Å². The second-order valence-corrected chi connectivity index (χ2v) is 8.52. The molecule has 2 aromatic carbocycles. The minimum atomic E-state index is -0.736. The van der Waals surface area contributed by atoms with Crippen LogP contribution in [0.2, 0.25) is 0 Å². The van der Waals surface area contributed by atoms with Crippen molar-refractivity contribution in [2.24, 2.45) is 21.7 Å². The molecule has 2 aromatic rings. The Morgan fingerprint density at radius 1 is 1.03 bits per heavy atom. The minimum absolute atomic E-state index is 0.134. The average Bonchev–Trinajstić information content (AvgIpc) is 3.16. The number of amides is 2. The summed E-state index contributed by atoms with van der Waals surface area (Å²) in [6.07, 6.45) is 9.25. The molecule has 8 heteroatoms. The lowest BCUT2D eigenvalue weighted by molar-refractivity contribution is -0.122. The molecule has 0 fully saturated rings. The summed E-state index contributed by atoms with van der Waals surface area (Å²) < 4.78 is 0. The van der Waals surface area contributed by atoms with Crippen molar-refractivity contribution in [2.75, 3.05) is 0 Å². The predicted octanol–water partition coefficient (Wildman–Crippen LogP) is 4.29. The number of benzene rings is 2. The van der Waals surface area contributed by atoms with E-state index in [0.29, 0.717) is 36.2 Å². The molecule has 6 N–H and O–H groups in total. The Hall–Kier alpha value is -4.46. The number of nitrogens with zero attached hydrogens (tertiary/aromatic N) is 2. The van der Waals surface area contributed by atoms with Gasteiger partial charge in [0.2, 0.25) is 11.9 Å². The van der Waals surface area contributed by atoms with Gasteiger partial charge in [-0.25, -0.2) is 0 Å². The molecule has 8 nitrogen and oxygen atoms in total. The van der Waals surface area contributed by atoms with E-state index < -0.39 is 6.04 Å². The molecule has 0 radical (unpaired) electrons. The Kier molecular flexibility index (Phi) is 12.2. The van der Waals surface area contributed by atoms with Crippen LogP contribution in [-0.4, -0.2) is 29.5 Å². The van der Waals surface area contributed by atoms with Gasteiger partial charge < -0.3 is 22.1 Å². The van der Waals surface area contributed by atoms with Gasteiger partial charge in [0, 0.05) is 11.3 Å². The highest BCUT2D eigenvalue weighted by Crippen LogP contribution is 2.13. The first-order valence-corrected chi connectivity index (χ1v) is 12.8. The van der Waals surface area contributed by atoms with Crippen LogP contribution in [-0.2, 0) is 11.2 Å². The summed E-state index contributed by atoms with van der Waals surface area (Å²) in [6.45, 7) is 7.70. The largest absolute Gasteiger partial charge is 0.369 e. The van der Waals surface area contributed by atoms with E-state index in [1.54, 1.807) is 25.1 Å². The Balaban J connectivity index is 0.00000247. The van der Waals surface area contributed by atoms with E-state index in [-0.39, 0.29) is 17.8 Å². The summed E-state index contributed by atoms with van der Waals surface area (Å²) >= 11 is 0. The highest BCUT2D eigenvalue weighted by atomic mass is 16.2. The molecule has 3 rings (SSSR count). The molecule has 38 heavy (non-hydrogen) atoms. The van der Waals surface area contributed by atoms with Crippen LogP contribution in [0.4, 0.5) is 0 Å². The van der Waals surface area contributed by atoms with Crippen LogP contribution in [0.3, 0.4) is 0 Å². The number of hydrogen-bond acceptors (Lipinski definition) is 4. The first-order valence-electron chi connectivity index (χ1n) is 12.8. The zero-order valence-corrected chi connectivity index (χ0v) is 22.6. The lowest BCUT2D eigenvalue weighted by Gasteiger charge is -2.19. The summed E-state index contributed by atoms with van der Waals surface area (Å²) in [5, 5.41) is 13.6. The molecule has 1 atom stereocenters. The van der Waals surface area contributed by atoms with Gasteiger partial charge in [0.05, 0.1) is 5.71 Å². The summed E-state index contributed by atoms with van der Waals surface area (Å²) in [4.78, 5) is 26.3. The Morgan fingerprint density at radius 2 is 1.76 bits per heavy atom. The zero-order chi connectivity index (χ0) is 27.9. The normalized spacial score (nSPS) is 13.5. The highest BCUT2D eigenvalue weighted by molar-refractivity contribution is 6.02. The molecular weight excluding hydrogens is 476 g/mol. The Bertz CT molecular complexity index is 1240. The standard InChI is InChI=1S/C28H32N6O2.C2H6/c1-19-9-8-13-23(17-19)26(35)32-25(16-15-21-10-4-3-5-11-21)27(36)31-24-14-7-6-12-22(18-24)20(2)33-34-28(29)30;1-2/h3-5,7-14,17-18,25H,6,15-16H2,1-2H3,(H,31,36)(H,32,35)(H4,29,30,34);1-2H3/b33-20+;/t25-;/m0./s1. The minimum Gasteiger partial charge on any atom is -0.369 e. The third-order valence-corrected chi connectivity index (χ3v) is 5.55. The van der Waals surface area contributed by atoms with Crippen molar-refractivity contribution in [1.29, 1.82) is 0 Å². The zero-order valence-electron chi connectivity index (χ0n) is 22.6. The van der Waals surface area contributed by atoms with E-state index >= 15 is 0 Å². The van der Waals surface area contributed by atoms with Crippen molar-refractivity contribution in [1.82, 2.24) is 10.6 Å². The molecule has 0 bridgehead atoms. The van der Waals surface area contributed by atoms with E-state index in [1.165, 1.54) is 0 Å². The van der Waals surface area contributed by atoms with Gasteiger partial charge >= 0.3 is 0 Å². The molecule has 0 unspecified atom stereocenters. The number of carbonyl (C=O) groups excluding carboxylic acids is 2. The van der Waals surface area contributed by atoms with Crippen LogP contribution in [0.5, 0.6) is 0 Å². The monoisotopic (exact) mass is 514 g/mol. The fourth-order valence-corrected chi connectivity index (χ4v) is 3.67. The molecular formula is C30H38N6O2. The number of guanidine groups is 1. The van der Waals surface area contributed by atoms with E-state index in [1.807, 2.05) is 81.5 Å². The van der Waals surface area contributed by atoms with Crippen LogP contribution in [0.15, 0.2) is 100 Å². The van der Waals surface area contributed by atoms with Crippen molar-refractivity contribution >= 4 is 23.5 Å². The van der Waals surface area contributed by atoms with Crippen molar-refractivity contribution < 1.29 is 9.59 Å². The fourth-order valence-electron chi connectivity index (χ4n) is 3.67. The summed E-state index contributed by atoms with van der Waals surface area (Å²) in [5.41, 5.74) is 15.3. The molecule has 0 saturated carbocycles. The third kappa shape index (κ3) is 9.89. The second-order valence-electron chi connectivity index (χ2n) is 8.52. The Morgan fingerprint density at radius 3 is 2.45 bits per heavy atom. The molecule has 0 aromatic heterocycles. The molecule has 0 aliphatic heterocycles. The maximum atomic E-state index is 13.4. The quantitative estimate of drug-likeness (QED) is 0.226. The summed E-state index contributed by atoms with van der Waals surface area (Å²) in [6, 6.07) is 16.4. The molecule has 0 spiro atoms. The number of rotatable bonds is 9. The SMILES string of the molecule is C/C(=N\N=C(N)N)C1=CCC=CC(NC(=O)[C@H](CCc2ccccc2)NC(=O)c2cccc(C)c2)=C1.CC. The summed E-state index contributed by atoms with van der Waals surface area (Å²) in [5.74, 6) is -0.731. The maximum absolute atomic E-state index is 13.4. The predicted molar refractivity (Wildman–Crippen MR) is 156 cm³/mol. The first kappa shape index (κ1) is 29.8. The van der Waals surface area contributed by atoms with Gasteiger partial charge in [-0.05, 0) is 68.5 Å². The number of nitrogens with one attached hydrogen (secondary N) is 2. The van der Waals surface area contributed by atoms with E-state index in [9.17, 15) is 9.59 Å². The van der Waals surface area contributed by atoms with Gasteiger partial charge in [0.25, 0.3) is 5.91 Å². The van der Waals surface area contributed by atoms with Gasteiger partial charge in [-0.1, -0.05) is 74.0 Å². The van der Waals surface area contributed by atoms with Crippen molar-refractivity contribution in [2.45, 2.75) is 53.0 Å². The van der Waals surface area contributed by atoms with Gasteiger partial charge in [0.1, 0.15) is 6.04 Å². The lowest BCUT2D eigenvalue weighted by Crippen LogP contribution is -2.46. The van der Waals surface area contributed by atoms with E-state index in [0.717, 1.165) is 16.7 Å². The van der Waals surface area contributed by atoms with Crippen LogP contribution >= 0.6 is 0 Å². The summed E-state index contributed by atoms with van der Waals surface area (Å²) in [7, 11) is 0. The molecule has 0 heterocycles. The molecule has 200 valence electrons. The van der Waals surface area contributed by atoms with E-state index in [2.05, 4.69) is 20.8 Å². The molecule has 1 aliphatic carbocycles. The number of carbonyl (C=O) groups is 2. The van der Waals surface area contributed by atoms with Gasteiger partial charge in [-0.15, -0.1) is 5.10 Å². The van der Waals surface area contributed by atoms with Crippen molar-refractivity contribution in [3.63, 3.8) is 0 Å². The van der Waals surface area contributed by atoms with Crippen LogP contribution in [0.1, 0.15) is 55.1 Å². The highest BCUT2D eigenvalue weighted by Gasteiger charge is 2.22. The van der Waals surface area contributed by atoms with Crippen molar-refractivity contribution in [3.05, 3.63) is 107 Å². The topological polar surface area (TPSA) is 135 Å². The van der Waals surface area contributed by atoms with Crippen LogP contribution in [0, 0.1) is 6.92 Å². The van der Waals surface area contributed by atoms with Crippen molar-refractivity contribution in [3.8, 4) is 0 Å². The smallest absolute Gasteiger partial charge is 0.251 e. The average molecular weight is 515 g/mol. The fraction of sp³-hybridized carbons (Fsp3) is 0.267. The van der Waals surface area contributed by atoms with Crippen LogP contribution in [0.25, 0.3) is 0 Å². The third-order valence-electron chi connectivity index (χ3n) is 5.55. The molecule has 1 aliphatic rings. The number of hydrogen-bond donors (Lipinski definition) is 4. The second kappa shape index (κ2) is 15.6. The lowest BCUT2D eigenvalue weighted by atomic mass is 10.0. The molecule has 0 saturated heterocycles. The number of aryl methyl sites for hydroxylation is 2. The maximum Gasteiger partial charge on any atom is 0.251 e.